The van der Waals surface area contributed by atoms with E-state index < -0.39 is 0 Å². The molecule has 0 bridgehead atoms. The zero-order chi connectivity index (χ0) is 17.1. The lowest BCUT2D eigenvalue weighted by molar-refractivity contribution is -0.686. The summed E-state index contributed by atoms with van der Waals surface area (Å²) in [5.41, 5.74) is 4.83. The molecule has 0 aliphatic carbocycles. The van der Waals surface area contributed by atoms with Crippen LogP contribution in [0.5, 0.6) is 0 Å². The molecule has 0 aliphatic rings. The van der Waals surface area contributed by atoms with Gasteiger partial charge in [-0.05, 0) is 48.7 Å². The monoisotopic (exact) mass is 400 g/mol. The first-order valence-electron chi connectivity index (χ1n) is 7.74. The van der Waals surface area contributed by atoms with Crippen LogP contribution in [0.1, 0.15) is 21.5 Å². The number of aromatic nitrogens is 2. The molecule has 0 N–H and O–H groups in total. The van der Waals surface area contributed by atoms with Crippen molar-refractivity contribution in [1.29, 1.82) is 0 Å². The zero-order valence-corrected chi connectivity index (χ0v) is 15.6. The lowest BCUT2D eigenvalue weighted by Crippen LogP contribution is -3.00. The van der Waals surface area contributed by atoms with Gasteiger partial charge in [-0.1, -0.05) is 23.8 Å². The van der Waals surface area contributed by atoms with Gasteiger partial charge in [0.2, 0.25) is 5.78 Å². The molecule has 3 nitrogen and oxygen atoms in total. The molecule has 0 spiro atoms. The maximum absolute atomic E-state index is 12.9. The fourth-order valence-electron chi connectivity index (χ4n) is 2.63. The number of carbonyl (C=O) groups is 1. The molecular formula is C20H18BrFN2O. The van der Waals surface area contributed by atoms with Crippen LogP contribution in [0.4, 0.5) is 4.39 Å². The summed E-state index contributed by atoms with van der Waals surface area (Å²) in [6, 6.07) is 13.7. The molecule has 0 atom stereocenters. The largest absolute Gasteiger partial charge is 1.00 e. The summed E-state index contributed by atoms with van der Waals surface area (Å²) in [4.78, 5) is 16.7. The number of hydrogen-bond acceptors (Lipinski definition) is 2. The molecule has 0 fully saturated rings. The number of rotatable bonds is 4. The first-order valence-corrected chi connectivity index (χ1v) is 7.74. The van der Waals surface area contributed by atoms with E-state index in [9.17, 15) is 9.18 Å². The van der Waals surface area contributed by atoms with Gasteiger partial charge in [-0.25, -0.2) is 8.96 Å². The van der Waals surface area contributed by atoms with E-state index in [0.29, 0.717) is 5.56 Å². The normalized spacial score (nSPS) is 10.2. The molecular weight excluding hydrogens is 383 g/mol. The number of ketones is 1. The Hall–Kier alpha value is -2.40. The van der Waals surface area contributed by atoms with E-state index in [2.05, 4.69) is 37.0 Å². The van der Waals surface area contributed by atoms with E-state index in [1.54, 1.807) is 10.9 Å². The second-order valence-electron chi connectivity index (χ2n) is 5.87. The molecule has 0 amide bonds. The molecule has 3 aromatic rings. The Morgan fingerprint density at radius 1 is 1.08 bits per heavy atom. The molecule has 1 aromatic heterocycles. The van der Waals surface area contributed by atoms with Crippen molar-refractivity contribution in [3.05, 3.63) is 83.6 Å². The Labute approximate surface area is 156 Å². The third-order valence-electron chi connectivity index (χ3n) is 3.92. The fraction of sp³-hybridized carbons (Fsp3) is 0.150. The van der Waals surface area contributed by atoms with Gasteiger partial charge >= 0.3 is 0 Å². The number of benzene rings is 2. The Morgan fingerprint density at radius 3 is 2.40 bits per heavy atom. The molecule has 128 valence electrons. The first kappa shape index (κ1) is 18.9. The lowest BCUT2D eigenvalue weighted by Gasteiger charge is -2.04. The van der Waals surface area contributed by atoms with E-state index in [1.165, 1.54) is 35.4 Å². The van der Waals surface area contributed by atoms with Crippen molar-refractivity contribution in [2.45, 2.75) is 20.4 Å². The molecule has 0 unspecified atom stereocenters. The van der Waals surface area contributed by atoms with Crippen molar-refractivity contribution in [2.75, 3.05) is 0 Å². The van der Waals surface area contributed by atoms with Crippen molar-refractivity contribution in [1.82, 2.24) is 4.98 Å². The van der Waals surface area contributed by atoms with Crippen LogP contribution in [0.25, 0.3) is 11.3 Å². The van der Waals surface area contributed by atoms with Crippen molar-refractivity contribution in [3.8, 4) is 11.3 Å². The van der Waals surface area contributed by atoms with Crippen molar-refractivity contribution < 1.29 is 30.7 Å². The van der Waals surface area contributed by atoms with E-state index in [1.807, 2.05) is 12.3 Å². The Balaban J connectivity index is 0.00000225. The zero-order valence-electron chi connectivity index (χ0n) is 14.0. The maximum Gasteiger partial charge on any atom is 0.287 e. The second-order valence-corrected chi connectivity index (χ2v) is 5.87. The summed E-state index contributed by atoms with van der Waals surface area (Å²) < 4.78 is 14.6. The van der Waals surface area contributed by atoms with Crippen molar-refractivity contribution >= 4 is 5.78 Å². The van der Waals surface area contributed by atoms with E-state index >= 15 is 0 Å². The first-order chi connectivity index (χ1) is 11.5. The lowest BCUT2D eigenvalue weighted by atomic mass is 10.0. The topological polar surface area (TPSA) is 33.8 Å². The van der Waals surface area contributed by atoms with Crippen LogP contribution in [-0.4, -0.2) is 10.8 Å². The van der Waals surface area contributed by atoms with Crippen LogP contribution in [0.15, 0.2) is 61.1 Å². The third kappa shape index (κ3) is 4.57. The number of hydrogen-bond donors (Lipinski definition) is 0. The van der Waals surface area contributed by atoms with Crippen LogP contribution in [0.2, 0.25) is 0 Å². The van der Waals surface area contributed by atoms with Gasteiger partial charge in [-0.3, -0.25) is 4.79 Å². The average molecular weight is 401 g/mol. The minimum atomic E-state index is -0.348. The Bertz CT molecular complexity index is 877. The Morgan fingerprint density at radius 2 is 1.80 bits per heavy atom. The molecule has 0 aliphatic heterocycles. The molecule has 0 saturated heterocycles. The minimum absolute atomic E-state index is 0. The van der Waals surface area contributed by atoms with Crippen molar-refractivity contribution in [3.63, 3.8) is 0 Å². The minimum Gasteiger partial charge on any atom is -1.00 e. The number of Topliss-reactive ketones (excluding diaryl/α,β-unsaturated/α-hetero) is 1. The van der Waals surface area contributed by atoms with Gasteiger partial charge in [0, 0.05) is 17.2 Å². The number of carbonyl (C=O) groups excluding carboxylic acids is 1. The van der Waals surface area contributed by atoms with Gasteiger partial charge < -0.3 is 17.0 Å². The quantitative estimate of drug-likeness (QED) is 0.476. The van der Waals surface area contributed by atoms with E-state index in [4.69, 9.17) is 0 Å². The van der Waals surface area contributed by atoms with Gasteiger partial charge in [-0.15, -0.1) is 0 Å². The molecule has 1 heterocycles. The highest BCUT2D eigenvalue weighted by molar-refractivity contribution is 5.94. The summed E-state index contributed by atoms with van der Waals surface area (Å²) >= 11 is 0. The van der Waals surface area contributed by atoms with Gasteiger partial charge in [0.1, 0.15) is 5.82 Å². The smallest absolute Gasteiger partial charge is 0.287 e. The summed E-state index contributed by atoms with van der Waals surface area (Å²) in [6.07, 6.45) is 3.49. The molecule has 2 aromatic carbocycles. The summed E-state index contributed by atoms with van der Waals surface area (Å²) in [7, 11) is 0. The molecule has 5 heteroatoms. The average Bonchev–Trinajstić information content (AvgIpc) is 2.56. The number of nitrogens with zero attached hydrogens (tertiary/aromatic N) is 2. The summed E-state index contributed by atoms with van der Waals surface area (Å²) in [6.45, 7) is 4.29. The van der Waals surface area contributed by atoms with Crippen LogP contribution in [0.3, 0.4) is 0 Å². The van der Waals surface area contributed by atoms with Gasteiger partial charge in [0.05, 0.1) is 6.20 Å². The number of halogens is 2. The van der Waals surface area contributed by atoms with Crippen molar-refractivity contribution in [2.24, 2.45) is 0 Å². The highest BCUT2D eigenvalue weighted by atomic mass is 79.9. The molecule has 25 heavy (non-hydrogen) atoms. The van der Waals surface area contributed by atoms with E-state index in [0.717, 1.165) is 11.3 Å². The molecule has 0 radical (unpaired) electrons. The predicted octanol–water partition coefficient (Wildman–Crippen LogP) is 0.679. The Kier molecular flexibility index (Phi) is 6.15. The highest BCUT2D eigenvalue weighted by Crippen LogP contribution is 2.21. The van der Waals surface area contributed by atoms with Crippen LogP contribution in [0, 0.1) is 19.7 Å². The maximum atomic E-state index is 12.9. The fourth-order valence-corrected chi connectivity index (χ4v) is 2.63. The van der Waals surface area contributed by atoms with Crippen LogP contribution >= 0.6 is 0 Å². The standard InChI is InChI=1S/C20H18FN2O.BrH/c1-14-3-8-18(15(2)11-14)19-9-10-23(13-22-19)12-20(24)16-4-6-17(21)7-5-16;/h3-11,13H,12H2,1-2H3;1H/q+1;/p-1. The predicted molar refractivity (Wildman–Crippen MR) is 90.1 cm³/mol. The van der Waals surface area contributed by atoms with Gasteiger partial charge in [0.15, 0.2) is 12.2 Å². The summed E-state index contributed by atoms with van der Waals surface area (Å²) in [5, 5.41) is 0. The highest BCUT2D eigenvalue weighted by Gasteiger charge is 2.13. The van der Waals surface area contributed by atoms with Gasteiger partial charge in [-0.2, -0.15) is 0 Å². The molecule has 3 rings (SSSR count). The molecule has 0 saturated carbocycles. The SMILES string of the molecule is Cc1ccc(-c2cc[n+](CC(=O)c3ccc(F)cc3)cn2)c(C)c1.[Br-]. The van der Waals surface area contributed by atoms with E-state index in [-0.39, 0.29) is 35.1 Å². The second kappa shape index (κ2) is 8.12. The van der Waals surface area contributed by atoms with Crippen LogP contribution < -0.4 is 21.5 Å². The third-order valence-corrected chi connectivity index (χ3v) is 3.92. The number of aryl methyl sites for hydroxylation is 2. The van der Waals surface area contributed by atoms with Gasteiger partial charge in [0.25, 0.3) is 6.33 Å². The van der Waals surface area contributed by atoms with Crippen LogP contribution in [-0.2, 0) is 6.54 Å². The summed E-state index contributed by atoms with van der Waals surface area (Å²) in [5.74, 6) is -0.431.